The molecule has 4 aromatic rings. The van der Waals surface area contributed by atoms with Crippen molar-refractivity contribution in [1.29, 1.82) is 0 Å². The number of methoxy groups -OCH3 is 1. The fourth-order valence-electron chi connectivity index (χ4n) is 6.58. The third kappa shape index (κ3) is 7.62. The molecule has 0 unspecified atom stereocenters. The van der Waals surface area contributed by atoms with E-state index in [4.69, 9.17) is 14.5 Å². The largest absolute Gasteiger partial charge is 0.453 e. The summed E-state index contributed by atoms with van der Waals surface area (Å²) in [5.74, 6) is 7.75. The summed E-state index contributed by atoms with van der Waals surface area (Å²) in [4.78, 5) is 58.0. The number of carbonyl (C=O) groups excluding carboxylic acids is 3. The molecule has 12 heteroatoms. The van der Waals surface area contributed by atoms with Crippen molar-refractivity contribution >= 4 is 29.1 Å². The molecule has 2 aliphatic rings. The lowest BCUT2D eigenvalue weighted by atomic mass is 10.0. The van der Waals surface area contributed by atoms with Gasteiger partial charge in [0.2, 0.25) is 5.91 Å². The van der Waals surface area contributed by atoms with Crippen molar-refractivity contribution in [3.8, 4) is 23.1 Å². The summed E-state index contributed by atoms with van der Waals surface area (Å²) in [6, 6.07) is 12.8. The van der Waals surface area contributed by atoms with Gasteiger partial charge in [0.1, 0.15) is 23.3 Å². The fourth-order valence-corrected chi connectivity index (χ4v) is 6.58. The Balaban J connectivity index is 1.13. The molecule has 3 N–H and O–H groups in total. The van der Waals surface area contributed by atoms with Crippen LogP contribution < -0.4 is 5.32 Å². The topological polar surface area (TPSA) is 146 Å². The number of hydrogen-bond donors (Lipinski definition) is 3. The summed E-state index contributed by atoms with van der Waals surface area (Å²) in [5, 5.41) is 2.69. The highest BCUT2D eigenvalue weighted by Gasteiger charge is 2.38. The molecule has 50 heavy (non-hydrogen) atoms. The number of benzene rings is 2. The van der Waals surface area contributed by atoms with Crippen molar-refractivity contribution in [2.45, 2.75) is 84.0 Å². The molecular weight excluding hydrogens is 634 g/mol. The minimum absolute atomic E-state index is 0.102. The van der Waals surface area contributed by atoms with Crippen molar-refractivity contribution < 1.29 is 23.9 Å². The molecule has 2 fully saturated rings. The van der Waals surface area contributed by atoms with E-state index in [1.54, 1.807) is 16.0 Å². The van der Waals surface area contributed by atoms with Gasteiger partial charge >= 0.3 is 12.2 Å². The number of aromatic amines is 2. The monoisotopic (exact) mass is 679 g/mol. The van der Waals surface area contributed by atoms with Gasteiger partial charge in [-0.1, -0.05) is 37.8 Å². The molecular formula is C38H45N7O5. The van der Waals surface area contributed by atoms with Crippen molar-refractivity contribution in [1.82, 2.24) is 35.1 Å². The van der Waals surface area contributed by atoms with Gasteiger partial charge in [0.05, 0.1) is 42.1 Å². The van der Waals surface area contributed by atoms with Gasteiger partial charge in [-0.15, -0.1) is 0 Å². The Labute approximate surface area is 292 Å². The number of imidazole rings is 2. The average molecular weight is 680 g/mol. The molecule has 3 atom stereocenters. The zero-order chi connectivity index (χ0) is 35.6. The second-order valence-electron chi connectivity index (χ2n) is 14.2. The molecule has 2 aliphatic heterocycles. The summed E-state index contributed by atoms with van der Waals surface area (Å²) >= 11 is 0. The SMILES string of the molecule is COC(=O)N[C@H](C(=O)N1CCC[C@H]1c1nc2ccc(C#Cc3ccc(-c4cnc([C@@H]5CCCN5C(=O)OC(C)(C)C)[nH]4)cc3)cc2[nH]1)C(C)C. The van der Waals surface area contributed by atoms with Gasteiger partial charge in [-0.2, -0.15) is 0 Å². The Kier molecular flexibility index (Phi) is 9.86. The molecule has 3 amide bonds. The van der Waals surface area contributed by atoms with E-state index in [1.807, 2.05) is 77.1 Å². The first kappa shape index (κ1) is 34.5. The number of H-pyrrole nitrogens is 2. The Morgan fingerprint density at radius 1 is 0.920 bits per heavy atom. The molecule has 0 saturated carbocycles. The molecule has 0 bridgehead atoms. The smallest absolute Gasteiger partial charge is 0.410 e. The maximum Gasteiger partial charge on any atom is 0.410 e. The first-order valence-corrected chi connectivity index (χ1v) is 17.2. The van der Waals surface area contributed by atoms with Crippen molar-refractivity contribution in [2.24, 2.45) is 5.92 Å². The fraction of sp³-hybridized carbons (Fsp3) is 0.447. The number of nitrogens with zero attached hydrogens (tertiary/aromatic N) is 4. The number of carbonyl (C=O) groups is 3. The van der Waals surface area contributed by atoms with Crippen LogP contribution in [0.4, 0.5) is 9.59 Å². The number of alkyl carbamates (subject to hydrolysis) is 1. The van der Waals surface area contributed by atoms with Gasteiger partial charge in [0.15, 0.2) is 0 Å². The van der Waals surface area contributed by atoms with Crippen LogP contribution in [0, 0.1) is 17.8 Å². The number of nitrogens with one attached hydrogen (secondary N) is 3. The van der Waals surface area contributed by atoms with E-state index in [1.165, 1.54) is 7.11 Å². The molecule has 2 aromatic heterocycles. The first-order valence-electron chi connectivity index (χ1n) is 17.2. The Morgan fingerprint density at radius 2 is 1.58 bits per heavy atom. The van der Waals surface area contributed by atoms with E-state index in [-0.39, 0.29) is 30.0 Å². The molecule has 262 valence electrons. The second-order valence-corrected chi connectivity index (χ2v) is 14.2. The van der Waals surface area contributed by atoms with Crippen LogP contribution in [0.15, 0.2) is 48.7 Å². The van der Waals surface area contributed by atoms with Gasteiger partial charge in [-0.25, -0.2) is 19.6 Å². The van der Waals surface area contributed by atoms with Crippen LogP contribution in [-0.2, 0) is 14.3 Å². The van der Waals surface area contributed by atoms with Crippen molar-refractivity contribution in [3.05, 3.63) is 71.4 Å². The number of rotatable bonds is 6. The molecule has 4 heterocycles. The maximum atomic E-state index is 13.5. The van der Waals surface area contributed by atoms with Crippen LogP contribution in [-0.4, -0.2) is 79.7 Å². The average Bonchev–Trinajstić information content (AvgIpc) is 3.90. The zero-order valence-corrected chi connectivity index (χ0v) is 29.5. The lowest BCUT2D eigenvalue weighted by molar-refractivity contribution is -0.135. The van der Waals surface area contributed by atoms with Gasteiger partial charge < -0.3 is 29.7 Å². The van der Waals surface area contributed by atoms with Crippen molar-refractivity contribution in [3.63, 3.8) is 0 Å². The van der Waals surface area contributed by atoms with Crippen LogP contribution in [0.1, 0.15) is 95.2 Å². The highest BCUT2D eigenvalue weighted by molar-refractivity contribution is 5.86. The summed E-state index contributed by atoms with van der Waals surface area (Å²) in [7, 11) is 1.29. The van der Waals surface area contributed by atoms with Crippen LogP contribution in [0.5, 0.6) is 0 Å². The van der Waals surface area contributed by atoms with Crippen LogP contribution in [0.3, 0.4) is 0 Å². The molecule has 0 aliphatic carbocycles. The Morgan fingerprint density at radius 3 is 2.26 bits per heavy atom. The normalized spacial score (nSPS) is 18.2. The molecule has 6 rings (SSSR count). The van der Waals surface area contributed by atoms with Crippen molar-refractivity contribution in [2.75, 3.05) is 20.2 Å². The Bertz CT molecular complexity index is 1930. The zero-order valence-electron chi connectivity index (χ0n) is 29.5. The molecule has 0 spiro atoms. The minimum Gasteiger partial charge on any atom is -0.453 e. The minimum atomic E-state index is -0.686. The van der Waals surface area contributed by atoms with Gasteiger partial charge in [0, 0.05) is 24.2 Å². The van der Waals surface area contributed by atoms with E-state index < -0.39 is 17.7 Å². The summed E-state index contributed by atoms with van der Waals surface area (Å²) in [5.41, 5.74) is 4.64. The van der Waals surface area contributed by atoms with E-state index in [0.717, 1.165) is 70.7 Å². The number of aromatic nitrogens is 4. The van der Waals surface area contributed by atoms with Crippen LogP contribution in [0.25, 0.3) is 22.3 Å². The highest BCUT2D eigenvalue weighted by Crippen LogP contribution is 2.34. The van der Waals surface area contributed by atoms with Crippen LogP contribution in [0.2, 0.25) is 0 Å². The standard InChI is InChI=1S/C38H45N7O5/c1-23(2)32(43-36(47)49-6)35(46)44-19-7-10-31(44)34-40-27-18-15-25(21-28(27)41-34)12-11-24-13-16-26(17-14-24)29-22-39-33(42-29)30-9-8-20-45(30)37(48)50-38(3,4)5/h13-18,21-23,30-32H,7-10,19-20H2,1-6H3,(H,39,42)(H,40,41)(H,43,47)/t30-,31-,32-/m0/s1. The number of fused-ring (bicyclic) bond motifs is 1. The summed E-state index contributed by atoms with van der Waals surface area (Å²) < 4.78 is 10.4. The number of hydrogen-bond acceptors (Lipinski definition) is 7. The van der Waals surface area contributed by atoms with Gasteiger partial charge in [-0.05, 0) is 88.3 Å². The molecule has 2 aromatic carbocycles. The van der Waals surface area contributed by atoms with E-state index in [0.29, 0.717) is 13.1 Å². The van der Waals surface area contributed by atoms with Gasteiger partial charge in [-0.3, -0.25) is 9.69 Å². The molecule has 2 saturated heterocycles. The maximum absolute atomic E-state index is 13.5. The number of amides is 3. The van der Waals surface area contributed by atoms with E-state index in [9.17, 15) is 14.4 Å². The summed E-state index contributed by atoms with van der Waals surface area (Å²) in [6.45, 7) is 10.7. The lowest BCUT2D eigenvalue weighted by Crippen LogP contribution is -2.51. The number of ether oxygens (including phenoxy) is 2. The third-order valence-corrected chi connectivity index (χ3v) is 9.08. The Hall–Kier alpha value is -5.31. The van der Waals surface area contributed by atoms with E-state index >= 15 is 0 Å². The highest BCUT2D eigenvalue weighted by atomic mass is 16.6. The quantitative estimate of drug-likeness (QED) is 0.198. The summed E-state index contributed by atoms with van der Waals surface area (Å²) in [6.07, 6.45) is 4.23. The third-order valence-electron chi connectivity index (χ3n) is 9.08. The van der Waals surface area contributed by atoms with Gasteiger partial charge in [0.25, 0.3) is 0 Å². The van der Waals surface area contributed by atoms with E-state index in [2.05, 4.69) is 32.1 Å². The lowest BCUT2D eigenvalue weighted by Gasteiger charge is -2.29. The predicted octanol–water partition coefficient (Wildman–Crippen LogP) is 6.47. The first-order chi connectivity index (χ1) is 23.9. The number of likely N-dealkylation sites (tertiary alicyclic amines) is 2. The predicted molar refractivity (Wildman–Crippen MR) is 189 cm³/mol. The molecule has 12 nitrogen and oxygen atoms in total. The second kappa shape index (κ2) is 14.3. The van der Waals surface area contributed by atoms with Crippen LogP contribution >= 0.6 is 0 Å². The molecule has 0 radical (unpaired) electrons.